The highest BCUT2D eigenvalue weighted by Gasteiger charge is 2.26. The summed E-state index contributed by atoms with van der Waals surface area (Å²) in [6, 6.07) is 3.29. The second-order valence-corrected chi connectivity index (χ2v) is 5.47. The average molecular weight is 340 g/mol. The third-order valence-corrected chi connectivity index (χ3v) is 3.62. The number of carboxylic acid groups (broad SMARTS) is 1. The van der Waals surface area contributed by atoms with E-state index in [2.05, 4.69) is 15.4 Å². The van der Waals surface area contributed by atoms with Crippen LogP contribution in [-0.4, -0.2) is 62.4 Å². The fourth-order valence-electron chi connectivity index (χ4n) is 2.33. The molecule has 10 heteroatoms. The van der Waals surface area contributed by atoms with Crippen LogP contribution in [0.2, 0.25) is 5.15 Å². The monoisotopic (exact) mass is 339 g/mol. The van der Waals surface area contributed by atoms with Gasteiger partial charge in [-0.1, -0.05) is 11.6 Å². The largest absolute Gasteiger partial charge is 0.465 e. The molecule has 1 aliphatic rings. The molecular formula is C13H14ClN5O4. The predicted molar refractivity (Wildman–Crippen MR) is 80.6 cm³/mol. The quantitative estimate of drug-likeness (QED) is 0.863. The number of fused-ring (bicyclic) bond motifs is 1. The summed E-state index contributed by atoms with van der Waals surface area (Å²) in [4.78, 5) is 28.1. The standard InChI is InChI=1S/C13H14ClN5O4/c14-9-1-2-11-15-10(6-19(11)17-9)16-12(20)7-23-8-3-4-18(5-8)13(21)22/h1-2,6,8H,3-5,7H2,(H,16,20)(H,21,22)/t8-/m1/s1. The molecule has 0 aromatic carbocycles. The van der Waals surface area contributed by atoms with Crippen LogP contribution in [0, 0.1) is 0 Å². The maximum atomic E-state index is 11.9. The molecule has 122 valence electrons. The van der Waals surface area contributed by atoms with Gasteiger partial charge >= 0.3 is 6.09 Å². The van der Waals surface area contributed by atoms with E-state index in [9.17, 15) is 9.59 Å². The lowest BCUT2D eigenvalue weighted by Crippen LogP contribution is -2.29. The summed E-state index contributed by atoms with van der Waals surface area (Å²) in [5.74, 6) is -0.0276. The highest BCUT2D eigenvalue weighted by molar-refractivity contribution is 6.29. The summed E-state index contributed by atoms with van der Waals surface area (Å²) in [6.45, 7) is 0.528. The molecule has 0 spiro atoms. The van der Waals surface area contributed by atoms with Gasteiger partial charge in [0.05, 0.1) is 18.8 Å². The first-order chi connectivity index (χ1) is 11.0. The van der Waals surface area contributed by atoms with Crippen molar-refractivity contribution in [3.63, 3.8) is 0 Å². The molecule has 3 rings (SSSR count). The van der Waals surface area contributed by atoms with Crippen LogP contribution in [0.15, 0.2) is 18.3 Å². The first kappa shape index (κ1) is 15.5. The number of aromatic nitrogens is 3. The predicted octanol–water partition coefficient (Wildman–Crippen LogP) is 1.09. The maximum Gasteiger partial charge on any atom is 0.407 e. The van der Waals surface area contributed by atoms with E-state index in [-0.39, 0.29) is 25.2 Å². The Morgan fingerprint density at radius 1 is 1.48 bits per heavy atom. The Bertz CT molecular complexity index is 749. The van der Waals surface area contributed by atoms with Gasteiger partial charge in [-0.15, -0.1) is 0 Å². The van der Waals surface area contributed by atoms with E-state index in [0.29, 0.717) is 29.6 Å². The number of hydrogen-bond donors (Lipinski definition) is 2. The van der Waals surface area contributed by atoms with Crippen LogP contribution < -0.4 is 5.32 Å². The molecule has 2 N–H and O–H groups in total. The summed E-state index contributed by atoms with van der Waals surface area (Å²) >= 11 is 5.78. The molecule has 1 aliphatic heterocycles. The molecule has 0 unspecified atom stereocenters. The molecule has 1 fully saturated rings. The SMILES string of the molecule is O=C(CO[C@@H]1CCN(C(=O)O)C1)Nc1cn2nc(Cl)ccc2n1. The summed E-state index contributed by atoms with van der Waals surface area (Å²) in [5.41, 5.74) is 0.554. The van der Waals surface area contributed by atoms with Crippen LogP contribution in [0.5, 0.6) is 0 Å². The number of anilines is 1. The number of amides is 2. The summed E-state index contributed by atoms with van der Waals surface area (Å²) in [6.07, 6.45) is 0.881. The zero-order chi connectivity index (χ0) is 16.4. The Labute approximate surface area is 135 Å². The number of carbonyl (C=O) groups excluding carboxylic acids is 1. The molecule has 1 saturated heterocycles. The third kappa shape index (κ3) is 3.69. The number of nitrogens with one attached hydrogen (secondary N) is 1. The van der Waals surface area contributed by atoms with Crippen LogP contribution in [0.3, 0.4) is 0 Å². The fraction of sp³-hybridized carbons (Fsp3) is 0.385. The zero-order valence-electron chi connectivity index (χ0n) is 12.0. The van der Waals surface area contributed by atoms with Gasteiger partial charge in [-0.25, -0.2) is 14.3 Å². The molecule has 0 radical (unpaired) electrons. The van der Waals surface area contributed by atoms with Crippen molar-refractivity contribution < 1.29 is 19.4 Å². The van der Waals surface area contributed by atoms with Crippen molar-refractivity contribution in [2.75, 3.05) is 25.0 Å². The molecule has 0 saturated carbocycles. The minimum absolute atomic E-state index is 0.166. The Morgan fingerprint density at radius 2 is 2.30 bits per heavy atom. The van der Waals surface area contributed by atoms with Crippen molar-refractivity contribution in [3.05, 3.63) is 23.5 Å². The topological polar surface area (TPSA) is 109 Å². The van der Waals surface area contributed by atoms with Crippen LogP contribution in [-0.2, 0) is 9.53 Å². The van der Waals surface area contributed by atoms with Crippen molar-refractivity contribution in [2.24, 2.45) is 0 Å². The number of rotatable bonds is 4. The van der Waals surface area contributed by atoms with E-state index >= 15 is 0 Å². The lowest BCUT2D eigenvalue weighted by atomic mass is 10.3. The van der Waals surface area contributed by atoms with Gasteiger partial charge < -0.3 is 20.1 Å². The smallest absolute Gasteiger partial charge is 0.407 e. The van der Waals surface area contributed by atoms with Crippen LogP contribution in [0.4, 0.5) is 10.6 Å². The molecule has 2 aromatic heterocycles. The lowest BCUT2D eigenvalue weighted by Gasteiger charge is -2.12. The Balaban J connectivity index is 1.52. The number of imidazole rings is 1. The van der Waals surface area contributed by atoms with Crippen LogP contribution in [0.25, 0.3) is 5.65 Å². The Kier molecular flexibility index (Phi) is 4.30. The van der Waals surface area contributed by atoms with Gasteiger partial charge in [0.1, 0.15) is 11.8 Å². The molecule has 1 atom stereocenters. The molecule has 9 nitrogen and oxygen atoms in total. The van der Waals surface area contributed by atoms with E-state index in [1.807, 2.05) is 0 Å². The Hall–Kier alpha value is -2.39. The summed E-state index contributed by atoms with van der Waals surface area (Å²) in [5, 5.41) is 15.8. The van der Waals surface area contributed by atoms with Gasteiger partial charge in [0, 0.05) is 6.54 Å². The number of nitrogens with zero attached hydrogens (tertiary/aromatic N) is 4. The van der Waals surface area contributed by atoms with Gasteiger partial charge in [0.25, 0.3) is 5.91 Å². The summed E-state index contributed by atoms with van der Waals surface area (Å²) < 4.78 is 6.88. The highest BCUT2D eigenvalue weighted by atomic mass is 35.5. The van der Waals surface area contributed by atoms with Crippen molar-refractivity contribution in [1.82, 2.24) is 19.5 Å². The Morgan fingerprint density at radius 3 is 3.04 bits per heavy atom. The second kappa shape index (κ2) is 6.39. The van der Waals surface area contributed by atoms with Gasteiger partial charge in [-0.05, 0) is 18.6 Å². The lowest BCUT2D eigenvalue weighted by molar-refractivity contribution is -0.122. The molecule has 2 amide bonds. The second-order valence-electron chi connectivity index (χ2n) is 5.08. The van der Waals surface area contributed by atoms with Crippen molar-refractivity contribution >= 4 is 35.1 Å². The minimum atomic E-state index is -0.976. The van der Waals surface area contributed by atoms with Crippen molar-refractivity contribution in [1.29, 1.82) is 0 Å². The molecule has 0 aliphatic carbocycles. The number of ether oxygens (including phenoxy) is 1. The molecule has 23 heavy (non-hydrogen) atoms. The van der Waals surface area contributed by atoms with E-state index in [0.717, 1.165) is 0 Å². The van der Waals surface area contributed by atoms with Gasteiger partial charge in [-0.3, -0.25) is 4.79 Å². The highest BCUT2D eigenvalue weighted by Crippen LogP contribution is 2.13. The van der Waals surface area contributed by atoms with E-state index in [1.165, 1.54) is 9.42 Å². The molecule has 2 aromatic rings. The van der Waals surface area contributed by atoms with E-state index in [4.69, 9.17) is 21.4 Å². The van der Waals surface area contributed by atoms with Crippen LogP contribution >= 0.6 is 11.6 Å². The van der Waals surface area contributed by atoms with Gasteiger partial charge in [0.2, 0.25) is 0 Å². The number of halogens is 1. The minimum Gasteiger partial charge on any atom is -0.465 e. The zero-order valence-corrected chi connectivity index (χ0v) is 12.7. The van der Waals surface area contributed by atoms with Gasteiger partial charge in [0.15, 0.2) is 11.5 Å². The normalized spacial score (nSPS) is 17.6. The molecular weight excluding hydrogens is 326 g/mol. The molecule has 0 bridgehead atoms. The summed E-state index contributed by atoms with van der Waals surface area (Å²) in [7, 11) is 0. The number of hydrogen-bond acceptors (Lipinski definition) is 5. The third-order valence-electron chi connectivity index (χ3n) is 3.42. The average Bonchev–Trinajstić information content (AvgIpc) is 3.10. The number of likely N-dealkylation sites (tertiary alicyclic amines) is 1. The first-order valence-electron chi connectivity index (χ1n) is 6.92. The fourth-order valence-corrected chi connectivity index (χ4v) is 2.47. The van der Waals surface area contributed by atoms with Crippen LogP contribution in [0.1, 0.15) is 6.42 Å². The first-order valence-corrected chi connectivity index (χ1v) is 7.30. The van der Waals surface area contributed by atoms with E-state index in [1.54, 1.807) is 18.3 Å². The van der Waals surface area contributed by atoms with Crippen molar-refractivity contribution in [3.8, 4) is 0 Å². The van der Waals surface area contributed by atoms with E-state index < -0.39 is 6.09 Å². The van der Waals surface area contributed by atoms with Crippen molar-refractivity contribution in [2.45, 2.75) is 12.5 Å². The van der Waals surface area contributed by atoms with Gasteiger partial charge in [-0.2, -0.15) is 5.10 Å². The number of carbonyl (C=O) groups is 2. The molecule has 3 heterocycles. The maximum absolute atomic E-state index is 11.9.